The van der Waals surface area contributed by atoms with Gasteiger partial charge in [0, 0.05) is 53.8 Å². The van der Waals surface area contributed by atoms with Crippen molar-refractivity contribution in [1.29, 1.82) is 0 Å². The van der Waals surface area contributed by atoms with E-state index in [0.717, 1.165) is 34.0 Å². The van der Waals surface area contributed by atoms with Gasteiger partial charge in [-0.2, -0.15) is 26.3 Å². The van der Waals surface area contributed by atoms with Crippen LogP contribution in [0.15, 0.2) is 70.6 Å². The fraction of sp³-hybridized carbons (Fsp3) is 0.263. The number of aromatic nitrogens is 2. The summed E-state index contributed by atoms with van der Waals surface area (Å²) in [5.74, 6) is -1.53. The smallest absolute Gasteiger partial charge is 0.417 e. The summed E-state index contributed by atoms with van der Waals surface area (Å²) < 4.78 is 92.9. The number of benzene rings is 2. The number of fused-ring (bicyclic) bond motifs is 2. The average molecular weight is 879 g/mol. The third kappa shape index (κ3) is 11.3. The summed E-state index contributed by atoms with van der Waals surface area (Å²) in [6.45, 7) is 1.41. The Morgan fingerprint density at radius 2 is 1.18 bits per heavy atom. The van der Waals surface area contributed by atoms with Crippen LogP contribution in [0.2, 0.25) is 0 Å². The molecule has 0 bridgehead atoms. The SMILES string of the molecule is CN=C(N)NC(=O)c1cc2c(C(F)(F)F)cc(Oc3ccc(CN(C)C)s3)cc2[nH]1.CN=C(N)NC(=O)c1cc2c(C(F)(F)F)ccc(Oc3ccc(CN(C)C)s3)c2[nH]1. The summed E-state index contributed by atoms with van der Waals surface area (Å²) in [5, 5.41) is 5.24. The van der Waals surface area contributed by atoms with Crippen molar-refractivity contribution in [3.8, 4) is 21.6 Å². The Morgan fingerprint density at radius 1 is 0.683 bits per heavy atom. The van der Waals surface area contributed by atoms with Crippen molar-refractivity contribution in [2.75, 3.05) is 42.3 Å². The molecule has 320 valence electrons. The lowest BCUT2D eigenvalue weighted by Crippen LogP contribution is -2.36. The van der Waals surface area contributed by atoms with Gasteiger partial charge in [-0.25, -0.2) is 0 Å². The predicted molar refractivity (Wildman–Crippen MR) is 220 cm³/mol. The number of aliphatic imine (C=N–C) groups is 2. The number of rotatable bonds is 10. The van der Waals surface area contributed by atoms with E-state index in [9.17, 15) is 35.9 Å². The van der Waals surface area contributed by atoms with Crippen molar-refractivity contribution in [3.63, 3.8) is 0 Å². The van der Waals surface area contributed by atoms with Crippen molar-refractivity contribution in [3.05, 3.63) is 92.9 Å². The molecule has 14 nitrogen and oxygen atoms in total. The highest BCUT2D eigenvalue weighted by atomic mass is 32.1. The molecule has 22 heteroatoms. The van der Waals surface area contributed by atoms with Crippen LogP contribution in [0.3, 0.4) is 0 Å². The van der Waals surface area contributed by atoms with Crippen molar-refractivity contribution >= 4 is 68.2 Å². The Bertz CT molecular complexity index is 2550. The van der Waals surface area contributed by atoms with Gasteiger partial charge in [0.1, 0.15) is 17.1 Å². The molecule has 0 aliphatic carbocycles. The third-order valence-corrected chi connectivity index (χ3v) is 10.1. The molecule has 6 aromatic rings. The topological polar surface area (TPSA) is 191 Å². The molecule has 6 rings (SSSR count). The number of hydrogen-bond donors (Lipinski definition) is 6. The van der Waals surface area contributed by atoms with E-state index in [1.165, 1.54) is 48.9 Å². The number of nitrogens with two attached hydrogens (primary N) is 2. The summed E-state index contributed by atoms with van der Waals surface area (Å²) in [6.07, 6.45) is -9.23. The zero-order valence-electron chi connectivity index (χ0n) is 32.8. The van der Waals surface area contributed by atoms with Crippen molar-refractivity contribution in [1.82, 2.24) is 30.4 Å². The largest absolute Gasteiger partial charge is 0.447 e. The first-order valence-electron chi connectivity index (χ1n) is 17.5. The molecule has 0 spiro atoms. The zero-order chi connectivity index (χ0) is 44.1. The third-order valence-electron chi connectivity index (χ3n) is 8.18. The van der Waals surface area contributed by atoms with Gasteiger partial charge in [0.25, 0.3) is 11.8 Å². The van der Waals surface area contributed by atoms with E-state index in [1.807, 2.05) is 50.1 Å². The number of nitrogens with zero attached hydrogens (tertiary/aromatic N) is 4. The van der Waals surface area contributed by atoms with Crippen LogP contribution < -0.4 is 31.6 Å². The lowest BCUT2D eigenvalue weighted by atomic mass is 10.1. The van der Waals surface area contributed by atoms with E-state index < -0.39 is 35.3 Å². The van der Waals surface area contributed by atoms with Crippen molar-refractivity contribution in [2.45, 2.75) is 25.4 Å². The minimum absolute atomic E-state index is 0.0107. The Morgan fingerprint density at radius 3 is 1.68 bits per heavy atom. The number of hydrogen-bond acceptors (Lipinski definition) is 10. The molecule has 2 amide bonds. The van der Waals surface area contributed by atoms with Crippen LogP contribution in [-0.2, 0) is 25.4 Å². The summed E-state index contributed by atoms with van der Waals surface area (Å²) in [6, 6.07) is 14.0. The molecule has 0 saturated heterocycles. The van der Waals surface area contributed by atoms with E-state index >= 15 is 0 Å². The van der Waals surface area contributed by atoms with E-state index in [1.54, 1.807) is 12.1 Å². The molecule has 8 N–H and O–H groups in total. The number of thiophene rings is 2. The Hall–Kier alpha value is -6.10. The predicted octanol–water partition coefficient (Wildman–Crippen LogP) is 7.55. The highest BCUT2D eigenvalue weighted by Crippen LogP contribution is 2.42. The molecular formula is C38H40F6N10O4S2. The molecule has 0 aliphatic rings. The molecule has 0 saturated carbocycles. The van der Waals surface area contributed by atoms with Crippen LogP contribution in [0.4, 0.5) is 26.3 Å². The molecule has 0 radical (unpaired) electrons. The maximum absolute atomic E-state index is 13.6. The number of ether oxygens (including phenoxy) is 2. The van der Waals surface area contributed by atoms with E-state index in [-0.39, 0.29) is 56.6 Å². The van der Waals surface area contributed by atoms with Gasteiger partial charge in [0.2, 0.25) is 0 Å². The van der Waals surface area contributed by atoms with Gasteiger partial charge in [0.15, 0.2) is 27.8 Å². The fourth-order valence-corrected chi connectivity index (χ4v) is 7.57. The molecule has 60 heavy (non-hydrogen) atoms. The summed E-state index contributed by atoms with van der Waals surface area (Å²) in [4.78, 5) is 43.1. The van der Waals surface area contributed by atoms with Crippen molar-refractivity contribution < 1.29 is 45.4 Å². The maximum atomic E-state index is 13.6. The van der Waals surface area contributed by atoms with Crippen LogP contribution in [0.5, 0.6) is 21.6 Å². The number of carbonyl (C=O) groups excluding carboxylic acids is 2. The van der Waals surface area contributed by atoms with Crippen LogP contribution >= 0.6 is 22.7 Å². The van der Waals surface area contributed by atoms with Gasteiger partial charge in [-0.05, 0) is 82.8 Å². The minimum atomic E-state index is -4.64. The molecule has 4 aromatic heterocycles. The standard InChI is InChI=1S/2C19H20F3N5O2S/c1-24-18(23)26-17(28)13-8-11-12(19(20,21)22)5-6-14(16(11)25-13)29-15-7-4-10(30-15)9-27(2)3;1-24-18(23)26-17(28)15-8-12-13(19(20,21)22)6-10(7-14(12)25-15)29-16-5-4-11(30-16)9-27(2)3/h2*4-8,25H,9H2,1-3H3,(H3,23,24,26,28). The van der Waals surface area contributed by atoms with Gasteiger partial charge < -0.3 is 40.7 Å². The molecular weight excluding hydrogens is 839 g/mol. The second kappa shape index (κ2) is 18.4. The lowest BCUT2D eigenvalue weighted by Gasteiger charge is -2.11. The molecule has 0 aliphatic heterocycles. The first-order valence-corrected chi connectivity index (χ1v) is 19.1. The van der Waals surface area contributed by atoms with E-state index in [2.05, 4.69) is 30.6 Å². The summed E-state index contributed by atoms with van der Waals surface area (Å²) in [5.41, 5.74) is 9.13. The van der Waals surface area contributed by atoms with Crippen molar-refractivity contribution in [2.24, 2.45) is 21.5 Å². The fourth-order valence-electron chi connectivity index (χ4n) is 5.60. The van der Waals surface area contributed by atoms with Gasteiger partial charge >= 0.3 is 12.4 Å². The van der Waals surface area contributed by atoms with Gasteiger partial charge in [-0.15, -0.1) is 22.7 Å². The number of H-pyrrole nitrogens is 2. The number of amides is 2. The van der Waals surface area contributed by atoms with Gasteiger partial charge in [0.05, 0.1) is 22.2 Å². The summed E-state index contributed by atoms with van der Waals surface area (Å²) >= 11 is 2.73. The average Bonchev–Trinajstić information content (AvgIpc) is 3.97. The monoisotopic (exact) mass is 878 g/mol. The highest BCUT2D eigenvalue weighted by Gasteiger charge is 2.35. The summed E-state index contributed by atoms with van der Waals surface area (Å²) in [7, 11) is 10.5. The Labute approximate surface area is 346 Å². The maximum Gasteiger partial charge on any atom is 0.417 e. The zero-order valence-corrected chi connectivity index (χ0v) is 34.5. The number of aromatic amines is 2. The van der Waals surface area contributed by atoms with Crippen LogP contribution in [-0.4, -0.2) is 85.8 Å². The van der Waals surface area contributed by atoms with Gasteiger partial charge in [-0.3, -0.25) is 30.2 Å². The first-order chi connectivity index (χ1) is 28.1. The first kappa shape index (κ1) is 45.0. The second-order valence-electron chi connectivity index (χ2n) is 13.4. The number of guanidine groups is 2. The second-order valence-corrected chi connectivity index (χ2v) is 15.7. The van der Waals surface area contributed by atoms with E-state index in [0.29, 0.717) is 23.2 Å². The normalized spacial score (nSPS) is 12.6. The highest BCUT2D eigenvalue weighted by molar-refractivity contribution is 7.14. The molecule has 0 fully saturated rings. The quantitative estimate of drug-likeness (QED) is 0.0462. The van der Waals surface area contributed by atoms with Crippen LogP contribution in [0, 0.1) is 0 Å². The Balaban J connectivity index is 0.000000228. The number of alkyl halides is 6. The lowest BCUT2D eigenvalue weighted by molar-refractivity contribution is -0.137. The number of halogens is 6. The Kier molecular flexibility index (Phi) is 13.8. The number of nitrogens with one attached hydrogen (secondary N) is 4. The van der Waals surface area contributed by atoms with Gasteiger partial charge in [-0.1, -0.05) is 0 Å². The van der Waals surface area contributed by atoms with Crippen LogP contribution in [0.25, 0.3) is 21.8 Å². The minimum Gasteiger partial charge on any atom is -0.447 e. The van der Waals surface area contributed by atoms with Crippen LogP contribution in [0.1, 0.15) is 41.9 Å². The number of carbonyl (C=O) groups is 2. The molecule has 0 atom stereocenters. The molecule has 2 aromatic carbocycles. The molecule has 0 unspecified atom stereocenters. The van der Waals surface area contributed by atoms with E-state index in [4.69, 9.17) is 20.9 Å². The molecule has 4 heterocycles.